The fourth-order valence-electron chi connectivity index (χ4n) is 3.39. The summed E-state index contributed by atoms with van der Waals surface area (Å²) in [6, 6.07) is 21.1. The Morgan fingerprint density at radius 1 is 1.12 bits per heavy atom. The maximum atomic E-state index is 10.5. The summed E-state index contributed by atoms with van der Waals surface area (Å²) in [5, 5.41) is 17.8. The lowest BCUT2D eigenvalue weighted by molar-refractivity contribution is 0.100. The van der Waals surface area contributed by atoms with E-state index in [1.165, 1.54) is 41.1 Å². The van der Waals surface area contributed by atoms with E-state index in [1.807, 2.05) is 6.07 Å². The molecule has 0 fully saturated rings. The molecule has 32 heavy (non-hydrogen) atoms. The van der Waals surface area contributed by atoms with Gasteiger partial charge in [-0.1, -0.05) is 67.9 Å². The Morgan fingerprint density at radius 3 is 2.41 bits per heavy atom. The largest absolute Gasteiger partial charge is 0.506 e. The number of para-hydroxylation sites is 1. The Morgan fingerprint density at radius 2 is 1.81 bits per heavy atom. The van der Waals surface area contributed by atoms with Gasteiger partial charge in [0.25, 0.3) is 0 Å². The van der Waals surface area contributed by atoms with E-state index in [1.54, 1.807) is 0 Å². The summed E-state index contributed by atoms with van der Waals surface area (Å²) in [4.78, 5) is 10.5. The first kappa shape index (κ1) is 23.1. The number of halogens is 1. The van der Waals surface area contributed by atoms with Gasteiger partial charge in [0.1, 0.15) is 5.75 Å². The van der Waals surface area contributed by atoms with Crippen LogP contribution in [0.25, 0.3) is 10.9 Å². The average Bonchev–Trinajstić information content (AvgIpc) is 3.14. The van der Waals surface area contributed by atoms with Crippen LogP contribution >= 0.6 is 11.6 Å². The van der Waals surface area contributed by atoms with Gasteiger partial charge in [-0.3, -0.25) is 4.79 Å². The van der Waals surface area contributed by atoms with Crippen LogP contribution in [0.3, 0.4) is 0 Å². The van der Waals surface area contributed by atoms with Gasteiger partial charge < -0.3 is 20.8 Å². The smallest absolute Gasteiger partial charge is 0.248 e. The molecule has 0 saturated carbocycles. The van der Waals surface area contributed by atoms with Crippen molar-refractivity contribution in [3.05, 3.63) is 100 Å². The van der Waals surface area contributed by atoms with Crippen molar-refractivity contribution in [3.8, 4) is 5.75 Å². The predicted molar refractivity (Wildman–Crippen MR) is 131 cm³/mol. The Labute approximate surface area is 192 Å². The number of rotatable bonds is 5. The van der Waals surface area contributed by atoms with Crippen molar-refractivity contribution < 1.29 is 9.90 Å². The van der Waals surface area contributed by atoms with E-state index < -0.39 is 5.91 Å². The molecule has 1 aromatic heterocycles. The second-order valence-electron chi connectivity index (χ2n) is 7.80. The number of nitrogens with zero attached hydrogens (tertiary/aromatic N) is 1. The first-order valence-electron chi connectivity index (χ1n) is 10.3. The van der Waals surface area contributed by atoms with E-state index in [2.05, 4.69) is 67.1 Å². The molecule has 1 heterocycles. The second-order valence-corrected chi connectivity index (χ2v) is 8.21. The topological polar surface area (TPSA) is 92.1 Å². The summed E-state index contributed by atoms with van der Waals surface area (Å²) >= 11 is 5.50. The lowest BCUT2D eigenvalue weighted by Gasteiger charge is -2.08. The fraction of sp³-hybridized carbons (Fsp3) is 0.154. The van der Waals surface area contributed by atoms with Crippen LogP contribution in [-0.2, 0) is 6.54 Å². The maximum Gasteiger partial charge on any atom is 0.248 e. The van der Waals surface area contributed by atoms with Gasteiger partial charge in [0, 0.05) is 41.0 Å². The van der Waals surface area contributed by atoms with Crippen LogP contribution in [0.1, 0.15) is 46.8 Å². The number of phenolic OH excluding ortho intramolecular Hbond substituents is 1. The zero-order valence-electron chi connectivity index (χ0n) is 18.0. The molecule has 0 saturated heterocycles. The quantitative estimate of drug-likeness (QED) is 0.329. The van der Waals surface area contributed by atoms with Gasteiger partial charge in [-0.2, -0.15) is 0 Å². The van der Waals surface area contributed by atoms with E-state index in [-0.39, 0.29) is 16.3 Å². The first-order valence-corrected chi connectivity index (χ1v) is 10.6. The monoisotopic (exact) mass is 447 g/mol. The molecule has 0 spiro atoms. The number of fused-ring (bicyclic) bond motifs is 1. The molecule has 0 unspecified atom stereocenters. The Bertz CT molecular complexity index is 1240. The third-order valence-electron chi connectivity index (χ3n) is 5.21. The zero-order chi connectivity index (χ0) is 23.3. The number of carbonyl (C=O) groups is 1. The lowest BCUT2D eigenvalue weighted by atomic mass is 10.0. The molecule has 0 aliphatic rings. The molecule has 0 aliphatic carbocycles. The van der Waals surface area contributed by atoms with Crippen LogP contribution in [-0.4, -0.2) is 21.8 Å². The van der Waals surface area contributed by atoms with Gasteiger partial charge in [-0.15, -0.1) is 0 Å². The summed E-state index contributed by atoms with van der Waals surface area (Å²) in [6.07, 6.45) is 3.49. The normalized spacial score (nSPS) is 10.6. The number of phenols is 1. The van der Waals surface area contributed by atoms with Gasteiger partial charge in [0.2, 0.25) is 5.91 Å². The SMILES string of the molecule is CC(C)c1ccc(Cn2cc(C=N)c3ccccc32)cc1.NC(=O)c1ccc(O)c(Cl)c1. The molecule has 1 amide bonds. The van der Waals surface area contributed by atoms with Gasteiger partial charge >= 0.3 is 0 Å². The number of benzene rings is 3. The number of aromatic nitrogens is 1. The second kappa shape index (κ2) is 10.2. The number of carbonyl (C=O) groups excluding carboxylic acids is 1. The molecular weight excluding hydrogens is 422 g/mol. The number of aromatic hydroxyl groups is 1. The van der Waals surface area contributed by atoms with Crippen LogP contribution in [0.4, 0.5) is 0 Å². The van der Waals surface area contributed by atoms with Gasteiger partial charge in [-0.25, -0.2) is 0 Å². The number of amides is 1. The standard InChI is InChI=1S/C19H20N2.C7H6ClNO2/c1-14(2)16-9-7-15(8-10-16)12-21-13-17(11-20)18-5-3-4-6-19(18)21;8-5-3-4(7(9)11)1-2-6(5)10/h3-11,13-14,20H,12H2,1-2H3;1-3,10H,(H2,9,11). The summed E-state index contributed by atoms with van der Waals surface area (Å²) in [7, 11) is 0. The van der Waals surface area contributed by atoms with Crippen LogP contribution in [0.2, 0.25) is 5.02 Å². The molecule has 0 radical (unpaired) electrons. The lowest BCUT2D eigenvalue weighted by Crippen LogP contribution is -2.10. The number of primary amides is 1. The predicted octanol–water partition coefficient (Wildman–Crippen LogP) is 5.96. The minimum atomic E-state index is -0.563. The highest BCUT2D eigenvalue weighted by molar-refractivity contribution is 6.32. The van der Waals surface area contributed by atoms with Crippen molar-refractivity contribution in [2.45, 2.75) is 26.3 Å². The molecule has 0 aliphatic heterocycles. The Kier molecular flexibility index (Phi) is 7.33. The number of nitrogens with two attached hydrogens (primary N) is 1. The highest BCUT2D eigenvalue weighted by Crippen LogP contribution is 2.23. The molecule has 6 heteroatoms. The summed E-state index contributed by atoms with van der Waals surface area (Å²) in [5.74, 6) is -0.0560. The molecule has 164 valence electrons. The van der Waals surface area contributed by atoms with Crippen molar-refractivity contribution >= 4 is 34.6 Å². The van der Waals surface area contributed by atoms with Crippen LogP contribution in [0.15, 0.2) is 72.9 Å². The van der Waals surface area contributed by atoms with E-state index >= 15 is 0 Å². The molecule has 0 bridgehead atoms. The summed E-state index contributed by atoms with van der Waals surface area (Å²) in [6.45, 7) is 5.27. The first-order chi connectivity index (χ1) is 15.3. The molecule has 3 aromatic carbocycles. The molecule has 0 atom stereocenters. The molecular formula is C26H26ClN3O2. The number of hydrogen-bond acceptors (Lipinski definition) is 3. The van der Waals surface area contributed by atoms with Crippen molar-refractivity contribution in [1.82, 2.24) is 4.57 Å². The van der Waals surface area contributed by atoms with E-state index in [4.69, 9.17) is 27.9 Å². The van der Waals surface area contributed by atoms with Crippen molar-refractivity contribution in [2.75, 3.05) is 0 Å². The van der Waals surface area contributed by atoms with Crippen molar-refractivity contribution in [3.63, 3.8) is 0 Å². The van der Waals surface area contributed by atoms with Crippen LogP contribution in [0.5, 0.6) is 5.75 Å². The van der Waals surface area contributed by atoms with Gasteiger partial charge in [0.15, 0.2) is 0 Å². The van der Waals surface area contributed by atoms with E-state index in [0.717, 1.165) is 17.5 Å². The summed E-state index contributed by atoms with van der Waals surface area (Å²) < 4.78 is 2.22. The highest BCUT2D eigenvalue weighted by Gasteiger charge is 2.07. The molecule has 4 rings (SSSR count). The molecule has 4 N–H and O–H groups in total. The molecule has 5 nitrogen and oxygen atoms in total. The number of hydrogen-bond donors (Lipinski definition) is 3. The Hall–Kier alpha value is -3.57. The average molecular weight is 448 g/mol. The zero-order valence-corrected chi connectivity index (χ0v) is 18.8. The number of nitrogens with one attached hydrogen (secondary N) is 1. The van der Waals surface area contributed by atoms with Crippen molar-refractivity contribution in [2.24, 2.45) is 5.73 Å². The maximum absolute atomic E-state index is 10.5. The van der Waals surface area contributed by atoms with Gasteiger partial charge in [-0.05, 0) is 41.3 Å². The fourth-order valence-corrected chi connectivity index (χ4v) is 3.57. The van der Waals surface area contributed by atoms with Crippen LogP contribution in [0, 0.1) is 5.41 Å². The van der Waals surface area contributed by atoms with E-state index in [9.17, 15) is 4.79 Å². The highest BCUT2D eigenvalue weighted by atomic mass is 35.5. The third kappa shape index (κ3) is 5.37. The Balaban J connectivity index is 0.000000222. The minimum Gasteiger partial charge on any atom is -0.506 e. The third-order valence-corrected chi connectivity index (χ3v) is 5.51. The molecule has 4 aromatic rings. The minimum absolute atomic E-state index is 0.0586. The van der Waals surface area contributed by atoms with E-state index in [0.29, 0.717) is 5.92 Å². The summed E-state index contributed by atoms with van der Waals surface area (Å²) in [5.41, 5.74) is 10.1. The van der Waals surface area contributed by atoms with Gasteiger partial charge in [0.05, 0.1) is 5.02 Å². The van der Waals surface area contributed by atoms with Crippen molar-refractivity contribution in [1.29, 1.82) is 5.41 Å². The van der Waals surface area contributed by atoms with Crippen LogP contribution < -0.4 is 5.73 Å².